The number of hydrogen-bond acceptors (Lipinski definition) is 8. The Kier molecular flexibility index (Phi) is 4.73. The van der Waals surface area contributed by atoms with Crippen molar-refractivity contribution in [2.45, 2.75) is 13.0 Å². The third-order valence-electron chi connectivity index (χ3n) is 4.47. The number of carbonyl (C=O) groups is 1. The van der Waals surface area contributed by atoms with Crippen molar-refractivity contribution < 1.29 is 14.5 Å². The van der Waals surface area contributed by atoms with Crippen LogP contribution in [0.4, 0.5) is 11.6 Å². The van der Waals surface area contributed by atoms with Gasteiger partial charge in [0, 0.05) is 12.1 Å². The maximum absolute atomic E-state index is 13.0. The lowest BCUT2D eigenvalue weighted by Crippen LogP contribution is -2.30. The number of benzene rings is 2. The first-order valence-corrected chi connectivity index (χ1v) is 8.86. The Morgan fingerprint density at radius 1 is 1.24 bits per heavy atom. The molecule has 1 atom stereocenters. The maximum atomic E-state index is 13.0. The molecule has 0 saturated heterocycles. The van der Waals surface area contributed by atoms with E-state index < -0.39 is 16.9 Å². The lowest BCUT2D eigenvalue weighted by molar-refractivity contribution is -0.384. The van der Waals surface area contributed by atoms with Crippen LogP contribution in [-0.2, 0) is 9.53 Å². The van der Waals surface area contributed by atoms with Crippen LogP contribution in [0.2, 0.25) is 0 Å². The Balaban J connectivity index is 1.97. The summed E-state index contributed by atoms with van der Waals surface area (Å²) in [5.41, 5.74) is 1.88. The zero-order valence-electron chi connectivity index (χ0n) is 15.3. The van der Waals surface area contributed by atoms with E-state index in [4.69, 9.17) is 4.74 Å². The summed E-state index contributed by atoms with van der Waals surface area (Å²) in [6, 6.07) is 14.5. The van der Waals surface area contributed by atoms with Crippen molar-refractivity contribution in [3.63, 3.8) is 0 Å². The van der Waals surface area contributed by atoms with Crippen LogP contribution in [0.1, 0.15) is 24.1 Å². The van der Waals surface area contributed by atoms with Crippen LogP contribution in [0, 0.1) is 10.1 Å². The van der Waals surface area contributed by atoms with Gasteiger partial charge in [0.15, 0.2) is 0 Å². The van der Waals surface area contributed by atoms with Gasteiger partial charge >= 0.3 is 5.97 Å². The molecule has 1 aromatic heterocycles. The number of nitro groups is 1. The van der Waals surface area contributed by atoms with Crippen LogP contribution in [0.25, 0.3) is 5.70 Å². The molecule has 0 radical (unpaired) electrons. The summed E-state index contributed by atoms with van der Waals surface area (Å²) in [5, 5.41) is 26.0. The summed E-state index contributed by atoms with van der Waals surface area (Å²) in [6.07, 6.45) is 0. The standard InChI is InChI=1S/C19H16N6O4/c1-2-29-18(26)15-16(12-7-4-3-5-8-12)20-19-21-22-23-24(19)17(15)13-9-6-10-14(11-13)25(27)28/h3-11,17H,2H2,1H3,(H,20,21,23)/t17-/m1/s1. The SMILES string of the molecule is CCOC(=O)C1=C(c2ccccc2)Nc2nnnn2[C@@H]1c1cccc([N+](=O)[O-])c1. The highest BCUT2D eigenvalue weighted by molar-refractivity contribution is 6.02. The lowest BCUT2D eigenvalue weighted by atomic mass is 9.92. The highest BCUT2D eigenvalue weighted by atomic mass is 16.6. The van der Waals surface area contributed by atoms with Crippen LogP contribution >= 0.6 is 0 Å². The van der Waals surface area contributed by atoms with Gasteiger partial charge in [0.05, 0.1) is 22.8 Å². The highest BCUT2D eigenvalue weighted by Crippen LogP contribution is 2.39. The largest absolute Gasteiger partial charge is 0.463 e. The number of carbonyl (C=O) groups excluding carboxylic acids is 1. The number of nitro benzene ring substituents is 1. The molecule has 0 amide bonds. The minimum Gasteiger partial charge on any atom is -0.463 e. The monoisotopic (exact) mass is 392 g/mol. The normalized spacial score (nSPS) is 15.4. The second kappa shape index (κ2) is 7.50. The average Bonchev–Trinajstić information content (AvgIpc) is 3.21. The lowest BCUT2D eigenvalue weighted by Gasteiger charge is -2.28. The predicted octanol–water partition coefficient (Wildman–Crippen LogP) is 2.57. The Bertz CT molecular complexity index is 1110. The van der Waals surface area contributed by atoms with Gasteiger partial charge in [-0.05, 0) is 28.5 Å². The van der Waals surface area contributed by atoms with Gasteiger partial charge < -0.3 is 10.1 Å². The number of fused-ring (bicyclic) bond motifs is 1. The molecule has 3 aromatic rings. The van der Waals surface area contributed by atoms with Crippen molar-refractivity contribution >= 4 is 23.3 Å². The molecule has 0 fully saturated rings. The molecule has 10 heteroatoms. The van der Waals surface area contributed by atoms with Gasteiger partial charge in [-0.3, -0.25) is 10.1 Å². The molecule has 1 aliphatic rings. The molecule has 2 aromatic carbocycles. The van der Waals surface area contributed by atoms with E-state index in [1.165, 1.54) is 16.8 Å². The fourth-order valence-electron chi connectivity index (χ4n) is 3.26. The molecule has 1 N–H and O–H groups in total. The molecular formula is C19H16N6O4. The van der Waals surface area contributed by atoms with E-state index >= 15 is 0 Å². The highest BCUT2D eigenvalue weighted by Gasteiger charge is 2.37. The van der Waals surface area contributed by atoms with Crippen LogP contribution in [0.5, 0.6) is 0 Å². The predicted molar refractivity (Wildman–Crippen MR) is 103 cm³/mol. The van der Waals surface area contributed by atoms with Gasteiger partial charge in [-0.25, -0.2) is 4.79 Å². The van der Waals surface area contributed by atoms with Crippen molar-refractivity contribution in [1.29, 1.82) is 0 Å². The van der Waals surface area contributed by atoms with E-state index in [2.05, 4.69) is 20.8 Å². The number of rotatable bonds is 5. The van der Waals surface area contributed by atoms with Crippen molar-refractivity contribution in [3.05, 3.63) is 81.4 Å². The number of non-ortho nitro benzene ring substituents is 1. The number of tetrazole rings is 1. The van der Waals surface area contributed by atoms with Gasteiger partial charge in [0.1, 0.15) is 6.04 Å². The number of anilines is 1. The number of nitrogens with zero attached hydrogens (tertiary/aromatic N) is 5. The Labute approximate surface area is 165 Å². The van der Waals surface area contributed by atoms with E-state index in [1.807, 2.05) is 30.3 Å². The molecule has 0 saturated carbocycles. The first-order chi connectivity index (χ1) is 14.1. The zero-order chi connectivity index (χ0) is 20.4. The van der Waals surface area contributed by atoms with Crippen molar-refractivity contribution in [2.75, 3.05) is 11.9 Å². The van der Waals surface area contributed by atoms with Crippen molar-refractivity contribution in [3.8, 4) is 0 Å². The molecule has 0 bridgehead atoms. The third kappa shape index (κ3) is 3.31. The molecule has 146 valence electrons. The number of hydrogen-bond donors (Lipinski definition) is 1. The minimum absolute atomic E-state index is 0.0971. The Morgan fingerprint density at radius 3 is 2.76 bits per heavy atom. The second-order valence-corrected chi connectivity index (χ2v) is 6.20. The minimum atomic E-state index is -0.796. The first-order valence-electron chi connectivity index (χ1n) is 8.86. The summed E-state index contributed by atoms with van der Waals surface area (Å²) < 4.78 is 6.72. The average molecular weight is 392 g/mol. The number of aromatic nitrogens is 4. The topological polar surface area (TPSA) is 125 Å². The van der Waals surface area contributed by atoms with Crippen LogP contribution in [-0.4, -0.2) is 37.7 Å². The Morgan fingerprint density at radius 2 is 2.03 bits per heavy atom. The molecule has 0 spiro atoms. The molecule has 1 aliphatic heterocycles. The summed E-state index contributed by atoms with van der Waals surface area (Å²) in [5.74, 6) is -0.245. The summed E-state index contributed by atoms with van der Waals surface area (Å²) in [4.78, 5) is 23.8. The molecule has 0 aliphatic carbocycles. The van der Waals surface area contributed by atoms with E-state index in [-0.39, 0.29) is 17.9 Å². The fraction of sp³-hybridized carbons (Fsp3) is 0.158. The molecule has 4 rings (SSSR count). The summed E-state index contributed by atoms with van der Waals surface area (Å²) in [6.45, 7) is 1.89. The first kappa shape index (κ1) is 18.3. The van der Waals surface area contributed by atoms with E-state index in [0.29, 0.717) is 17.2 Å². The smallest absolute Gasteiger partial charge is 0.338 e. The fourth-order valence-corrected chi connectivity index (χ4v) is 3.26. The van der Waals surface area contributed by atoms with Gasteiger partial charge in [-0.2, -0.15) is 4.68 Å². The number of esters is 1. The second-order valence-electron chi connectivity index (χ2n) is 6.20. The zero-order valence-corrected chi connectivity index (χ0v) is 15.3. The van der Waals surface area contributed by atoms with E-state index in [1.54, 1.807) is 19.1 Å². The van der Waals surface area contributed by atoms with Crippen molar-refractivity contribution in [1.82, 2.24) is 20.2 Å². The summed E-state index contributed by atoms with van der Waals surface area (Å²) >= 11 is 0. The van der Waals surface area contributed by atoms with Crippen LogP contribution < -0.4 is 5.32 Å². The maximum Gasteiger partial charge on any atom is 0.338 e. The summed E-state index contributed by atoms with van der Waals surface area (Å²) in [7, 11) is 0. The Hall–Kier alpha value is -4.08. The van der Waals surface area contributed by atoms with E-state index in [0.717, 1.165) is 5.56 Å². The molecule has 0 unspecified atom stereocenters. The van der Waals surface area contributed by atoms with Gasteiger partial charge in [0.25, 0.3) is 5.69 Å². The van der Waals surface area contributed by atoms with Gasteiger partial charge in [-0.1, -0.05) is 47.6 Å². The molecule has 29 heavy (non-hydrogen) atoms. The van der Waals surface area contributed by atoms with E-state index in [9.17, 15) is 14.9 Å². The van der Waals surface area contributed by atoms with Crippen LogP contribution in [0.15, 0.2) is 60.2 Å². The molecular weight excluding hydrogens is 376 g/mol. The molecule has 10 nitrogen and oxygen atoms in total. The molecule has 2 heterocycles. The number of nitrogens with one attached hydrogen (secondary N) is 1. The van der Waals surface area contributed by atoms with Crippen LogP contribution in [0.3, 0.4) is 0 Å². The third-order valence-corrected chi connectivity index (χ3v) is 4.47. The number of ether oxygens (including phenoxy) is 1. The van der Waals surface area contributed by atoms with Crippen molar-refractivity contribution in [2.24, 2.45) is 0 Å². The quantitative estimate of drug-likeness (QED) is 0.399. The van der Waals surface area contributed by atoms with Gasteiger partial charge in [0.2, 0.25) is 5.95 Å². The van der Waals surface area contributed by atoms with Gasteiger partial charge in [-0.15, -0.1) is 0 Å².